The van der Waals surface area contributed by atoms with E-state index in [9.17, 15) is 8.42 Å². The largest absolute Gasteiger partial charge is 0.381 e. The number of rotatable bonds is 8. The number of anilines is 1. The minimum absolute atomic E-state index is 0.137. The molecule has 0 fully saturated rings. The summed E-state index contributed by atoms with van der Waals surface area (Å²) in [6, 6.07) is 7.56. The van der Waals surface area contributed by atoms with Crippen molar-refractivity contribution in [1.82, 2.24) is 0 Å². The van der Waals surface area contributed by atoms with Crippen LogP contribution in [0, 0.1) is 0 Å². The average molecular weight is 283 g/mol. The lowest BCUT2D eigenvalue weighted by atomic mass is 10.1. The van der Waals surface area contributed by atoms with Crippen LogP contribution in [0.1, 0.15) is 46.5 Å². The Morgan fingerprint density at radius 3 is 2.16 bits per heavy atom. The van der Waals surface area contributed by atoms with Crippen molar-refractivity contribution in [2.75, 3.05) is 11.1 Å². The van der Waals surface area contributed by atoms with E-state index in [2.05, 4.69) is 19.2 Å². The summed E-state index contributed by atoms with van der Waals surface area (Å²) in [4.78, 5) is 0.426. The Morgan fingerprint density at radius 1 is 1.05 bits per heavy atom. The minimum atomic E-state index is -3.17. The first-order chi connectivity index (χ1) is 9.05. The number of hydrogen-bond acceptors (Lipinski definition) is 3. The van der Waals surface area contributed by atoms with E-state index in [-0.39, 0.29) is 5.75 Å². The van der Waals surface area contributed by atoms with E-state index in [1.54, 1.807) is 19.1 Å². The Bertz CT molecular complexity index is 477. The summed E-state index contributed by atoms with van der Waals surface area (Å²) in [5.74, 6) is 0.137. The van der Waals surface area contributed by atoms with Gasteiger partial charge in [-0.15, -0.1) is 0 Å². The summed E-state index contributed by atoms with van der Waals surface area (Å²) in [5, 5.41) is 3.41. The van der Waals surface area contributed by atoms with Crippen LogP contribution in [0.25, 0.3) is 0 Å². The van der Waals surface area contributed by atoms with Gasteiger partial charge in [0.1, 0.15) is 0 Å². The molecule has 0 spiro atoms. The number of hydrogen-bond donors (Lipinski definition) is 1. The fraction of sp³-hybridized carbons (Fsp3) is 0.600. The summed E-state index contributed by atoms with van der Waals surface area (Å²) in [6.45, 7) is 5.99. The molecule has 1 aromatic carbocycles. The highest BCUT2D eigenvalue weighted by Crippen LogP contribution is 2.24. The maximum atomic E-state index is 12.1. The normalized spacial score (nSPS) is 11.8. The van der Waals surface area contributed by atoms with Gasteiger partial charge in [-0.05, 0) is 25.0 Å². The van der Waals surface area contributed by atoms with E-state index in [0.29, 0.717) is 10.9 Å². The molecule has 0 saturated heterocycles. The molecule has 3 nitrogen and oxygen atoms in total. The van der Waals surface area contributed by atoms with Crippen LogP contribution in [-0.2, 0) is 9.84 Å². The lowest BCUT2D eigenvalue weighted by molar-refractivity contribution is 0.582. The predicted octanol–water partition coefficient (Wildman–Crippen LogP) is 3.86. The molecule has 0 saturated carbocycles. The average Bonchev–Trinajstić information content (AvgIpc) is 2.40. The van der Waals surface area contributed by atoms with Gasteiger partial charge in [-0.2, -0.15) is 0 Å². The highest BCUT2D eigenvalue weighted by molar-refractivity contribution is 7.91. The Kier molecular flexibility index (Phi) is 6.35. The molecular weight excluding hydrogens is 258 g/mol. The zero-order valence-corrected chi connectivity index (χ0v) is 13.0. The quantitative estimate of drug-likeness (QED) is 0.788. The molecule has 0 unspecified atom stereocenters. The van der Waals surface area contributed by atoms with Gasteiger partial charge in [0, 0.05) is 6.04 Å². The van der Waals surface area contributed by atoms with Crippen molar-refractivity contribution in [3.63, 3.8) is 0 Å². The van der Waals surface area contributed by atoms with Crippen LogP contribution < -0.4 is 5.32 Å². The SMILES string of the molecule is CCCC(CCC)Nc1ccccc1S(=O)(=O)CC. The van der Waals surface area contributed by atoms with Crippen LogP contribution in [0.4, 0.5) is 5.69 Å². The Balaban J connectivity index is 3.00. The molecule has 0 amide bonds. The van der Waals surface area contributed by atoms with Gasteiger partial charge in [-0.25, -0.2) is 8.42 Å². The Labute approximate surface area is 117 Å². The first-order valence-electron chi connectivity index (χ1n) is 7.13. The van der Waals surface area contributed by atoms with E-state index < -0.39 is 9.84 Å². The van der Waals surface area contributed by atoms with E-state index in [1.807, 2.05) is 12.1 Å². The van der Waals surface area contributed by atoms with Gasteiger partial charge in [-0.3, -0.25) is 0 Å². The first-order valence-corrected chi connectivity index (χ1v) is 8.78. The summed E-state index contributed by atoms with van der Waals surface area (Å²) in [6.07, 6.45) is 4.32. The molecule has 1 N–H and O–H groups in total. The Morgan fingerprint density at radius 2 is 1.63 bits per heavy atom. The van der Waals surface area contributed by atoms with Crippen molar-refractivity contribution >= 4 is 15.5 Å². The molecule has 0 heterocycles. The Hall–Kier alpha value is -1.03. The molecule has 0 aliphatic rings. The van der Waals surface area contributed by atoms with E-state index >= 15 is 0 Å². The van der Waals surface area contributed by atoms with Crippen molar-refractivity contribution in [3.8, 4) is 0 Å². The zero-order valence-electron chi connectivity index (χ0n) is 12.1. The summed E-state index contributed by atoms with van der Waals surface area (Å²) < 4.78 is 24.2. The van der Waals surface area contributed by atoms with Gasteiger partial charge in [-0.1, -0.05) is 45.7 Å². The van der Waals surface area contributed by atoms with Crippen LogP contribution in [0.5, 0.6) is 0 Å². The second-order valence-corrected chi connectivity index (χ2v) is 7.06. The van der Waals surface area contributed by atoms with Crippen LogP contribution in [0.2, 0.25) is 0 Å². The molecule has 0 aliphatic heterocycles. The molecule has 0 atom stereocenters. The summed E-state index contributed by atoms with van der Waals surface area (Å²) in [5.41, 5.74) is 0.747. The van der Waals surface area contributed by atoms with Gasteiger partial charge in [0.2, 0.25) is 0 Å². The molecule has 1 aromatic rings. The third kappa shape index (κ3) is 4.53. The fourth-order valence-electron chi connectivity index (χ4n) is 2.22. The topological polar surface area (TPSA) is 46.2 Å². The minimum Gasteiger partial charge on any atom is -0.381 e. The van der Waals surface area contributed by atoms with Gasteiger partial charge in [0.25, 0.3) is 0 Å². The van der Waals surface area contributed by atoms with Gasteiger partial charge in [0.15, 0.2) is 9.84 Å². The lowest BCUT2D eigenvalue weighted by Gasteiger charge is -2.20. The zero-order chi connectivity index (χ0) is 14.3. The lowest BCUT2D eigenvalue weighted by Crippen LogP contribution is -2.20. The number of nitrogens with one attached hydrogen (secondary N) is 1. The molecule has 0 aromatic heterocycles. The van der Waals surface area contributed by atoms with Crippen LogP contribution in [0.3, 0.4) is 0 Å². The van der Waals surface area contributed by atoms with Gasteiger partial charge in [0.05, 0.1) is 16.3 Å². The molecule has 0 aliphatic carbocycles. The molecule has 0 bridgehead atoms. The molecular formula is C15H25NO2S. The maximum absolute atomic E-state index is 12.1. The van der Waals surface area contributed by atoms with Crippen molar-refractivity contribution in [2.45, 2.75) is 57.4 Å². The summed E-state index contributed by atoms with van der Waals surface area (Å²) in [7, 11) is -3.17. The van der Waals surface area contributed by atoms with Crippen molar-refractivity contribution in [1.29, 1.82) is 0 Å². The van der Waals surface area contributed by atoms with Crippen LogP contribution >= 0.6 is 0 Å². The number of sulfone groups is 1. The summed E-state index contributed by atoms with van der Waals surface area (Å²) >= 11 is 0. The standard InChI is InChI=1S/C15H25NO2S/c1-4-9-13(10-5-2)16-14-11-7-8-12-15(14)19(17,18)6-3/h7-8,11-13,16H,4-6,9-10H2,1-3H3. The highest BCUT2D eigenvalue weighted by atomic mass is 32.2. The predicted molar refractivity (Wildman–Crippen MR) is 81.4 cm³/mol. The van der Waals surface area contributed by atoms with E-state index in [0.717, 1.165) is 31.4 Å². The third-order valence-electron chi connectivity index (χ3n) is 3.24. The van der Waals surface area contributed by atoms with Gasteiger partial charge >= 0.3 is 0 Å². The third-order valence-corrected chi connectivity index (χ3v) is 5.02. The molecule has 1 rings (SSSR count). The number of para-hydroxylation sites is 1. The van der Waals surface area contributed by atoms with Crippen LogP contribution in [-0.4, -0.2) is 20.2 Å². The smallest absolute Gasteiger partial charge is 0.180 e. The first kappa shape index (κ1) is 16.0. The molecule has 0 radical (unpaired) electrons. The van der Waals surface area contributed by atoms with E-state index in [1.165, 1.54) is 0 Å². The molecule has 4 heteroatoms. The second-order valence-electron chi connectivity index (χ2n) is 4.82. The van der Waals surface area contributed by atoms with Crippen molar-refractivity contribution in [3.05, 3.63) is 24.3 Å². The molecule has 108 valence electrons. The van der Waals surface area contributed by atoms with Gasteiger partial charge < -0.3 is 5.32 Å². The second kappa shape index (κ2) is 7.53. The van der Waals surface area contributed by atoms with Crippen molar-refractivity contribution in [2.24, 2.45) is 0 Å². The van der Waals surface area contributed by atoms with Crippen molar-refractivity contribution < 1.29 is 8.42 Å². The van der Waals surface area contributed by atoms with E-state index in [4.69, 9.17) is 0 Å². The molecule has 19 heavy (non-hydrogen) atoms. The number of benzene rings is 1. The fourth-order valence-corrected chi connectivity index (χ4v) is 3.28. The van der Waals surface area contributed by atoms with Crippen LogP contribution in [0.15, 0.2) is 29.2 Å². The highest BCUT2D eigenvalue weighted by Gasteiger charge is 2.17. The monoisotopic (exact) mass is 283 g/mol. The maximum Gasteiger partial charge on any atom is 0.180 e.